The second-order valence-electron chi connectivity index (χ2n) is 6.75. The average molecular weight is 287 g/mol. The minimum Gasteiger partial charge on any atom is -0.494 e. The lowest BCUT2D eigenvalue weighted by atomic mass is 9.81. The zero-order valence-corrected chi connectivity index (χ0v) is 13.4. The second-order valence-corrected chi connectivity index (χ2v) is 6.75. The van der Waals surface area contributed by atoms with Crippen LogP contribution >= 0.6 is 0 Å². The predicted octanol–water partition coefficient (Wildman–Crippen LogP) is 4.28. The highest BCUT2D eigenvalue weighted by molar-refractivity contribution is 5.27. The summed E-state index contributed by atoms with van der Waals surface area (Å²) in [5, 5.41) is 0. The third-order valence-corrected chi connectivity index (χ3v) is 5.23. The first kappa shape index (κ1) is 14.9. The third-order valence-electron chi connectivity index (χ3n) is 5.23. The van der Waals surface area contributed by atoms with E-state index >= 15 is 0 Å². The van der Waals surface area contributed by atoms with E-state index in [1.165, 1.54) is 57.2 Å². The van der Waals surface area contributed by atoms with Gasteiger partial charge in [0.25, 0.3) is 0 Å². The number of piperidine rings is 3. The average Bonchev–Trinajstić information content (AvgIpc) is 2.55. The standard InChI is InChI=1S/C19H29NO/c1-2-3-14-21-19-8-5-16(6-9-19)4-7-18-15-17-10-12-20(18)13-11-17/h5-6,8-9,17-18H,2-4,7,10-15H2,1H3. The van der Waals surface area contributed by atoms with Crippen LogP contribution in [0, 0.1) is 5.92 Å². The van der Waals surface area contributed by atoms with Gasteiger partial charge in [0.2, 0.25) is 0 Å². The number of benzene rings is 1. The zero-order chi connectivity index (χ0) is 14.5. The number of ether oxygens (including phenoxy) is 1. The van der Waals surface area contributed by atoms with Gasteiger partial charge in [0.1, 0.15) is 5.75 Å². The summed E-state index contributed by atoms with van der Waals surface area (Å²) in [6, 6.07) is 9.62. The molecule has 0 saturated carbocycles. The van der Waals surface area contributed by atoms with Crippen LogP contribution in [0.15, 0.2) is 24.3 Å². The molecule has 1 aromatic carbocycles. The molecule has 116 valence electrons. The van der Waals surface area contributed by atoms with E-state index in [2.05, 4.69) is 36.1 Å². The molecule has 3 fully saturated rings. The smallest absolute Gasteiger partial charge is 0.119 e. The molecule has 3 saturated heterocycles. The highest BCUT2D eigenvalue weighted by Crippen LogP contribution is 2.33. The molecule has 1 aromatic rings. The molecular formula is C19H29NO. The van der Waals surface area contributed by atoms with Crippen molar-refractivity contribution in [2.75, 3.05) is 19.7 Å². The molecular weight excluding hydrogens is 258 g/mol. The van der Waals surface area contributed by atoms with Gasteiger partial charge in [-0.2, -0.15) is 0 Å². The maximum atomic E-state index is 5.73. The van der Waals surface area contributed by atoms with Crippen molar-refractivity contribution in [2.45, 2.75) is 57.9 Å². The minimum atomic E-state index is 0.842. The maximum absolute atomic E-state index is 5.73. The topological polar surface area (TPSA) is 12.5 Å². The van der Waals surface area contributed by atoms with Crippen LogP contribution in [0.3, 0.4) is 0 Å². The Bertz CT molecular complexity index is 420. The summed E-state index contributed by atoms with van der Waals surface area (Å²) in [5.74, 6) is 2.04. The van der Waals surface area contributed by atoms with Crippen molar-refractivity contribution >= 4 is 0 Å². The summed E-state index contributed by atoms with van der Waals surface area (Å²) in [5.41, 5.74) is 1.46. The van der Waals surface area contributed by atoms with Crippen LogP contribution in [0.2, 0.25) is 0 Å². The molecule has 2 heteroatoms. The van der Waals surface area contributed by atoms with E-state index < -0.39 is 0 Å². The van der Waals surface area contributed by atoms with Crippen molar-refractivity contribution in [2.24, 2.45) is 5.92 Å². The number of rotatable bonds is 7. The van der Waals surface area contributed by atoms with Crippen molar-refractivity contribution in [3.8, 4) is 5.75 Å². The highest BCUT2D eigenvalue weighted by atomic mass is 16.5. The largest absolute Gasteiger partial charge is 0.494 e. The number of fused-ring (bicyclic) bond motifs is 3. The lowest BCUT2D eigenvalue weighted by Gasteiger charge is -2.45. The molecule has 3 aliphatic rings. The summed E-state index contributed by atoms with van der Waals surface area (Å²) in [7, 11) is 0. The molecule has 0 spiro atoms. The van der Waals surface area contributed by atoms with Crippen molar-refractivity contribution in [3.63, 3.8) is 0 Å². The van der Waals surface area contributed by atoms with Crippen molar-refractivity contribution in [1.29, 1.82) is 0 Å². The molecule has 0 aromatic heterocycles. The number of hydrogen-bond donors (Lipinski definition) is 0. The lowest BCUT2D eigenvalue weighted by Crippen LogP contribution is -2.48. The van der Waals surface area contributed by atoms with Crippen LogP contribution in [-0.4, -0.2) is 30.6 Å². The summed E-state index contributed by atoms with van der Waals surface area (Å²) >= 11 is 0. The van der Waals surface area contributed by atoms with Crippen molar-refractivity contribution < 1.29 is 4.74 Å². The van der Waals surface area contributed by atoms with Crippen LogP contribution in [0.25, 0.3) is 0 Å². The van der Waals surface area contributed by atoms with Gasteiger partial charge in [-0.1, -0.05) is 25.5 Å². The third kappa shape index (κ3) is 4.00. The highest BCUT2D eigenvalue weighted by Gasteiger charge is 2.32. The van der Waals surface area contributed by atoms with E-state index in [9.17, 15) is 0 Å². The Balaban J connectivity index is 1.45. The first-order valence-electron chi connectivity index (χ1n) is 8.81. The molecule has 0 N–H and O–H groups in total. The fourth-order valence-electron chi connectivity index (χ4n) is 3.81. The van der Waals surface area contributed by atoms with Gasteiger partial charge >= 0.3 is 0 Å². The van der Waals surface area contributed by atoms with Crippen molar-refractivity contribution in [3.05, 3.63) is 29.8 Å². The van der Waals surface area contributed by atoms with Gasteiger partial charge in [-0.3, -0.25) is 0 Å². The van der Waals surface area contributed by atoms with Gasteiger partial charge in [-0.15, -0.1) is 0 Å². The Hall–Kier alpha value is -1.02. The van der Waals surface area contributed by atoms with E-state index in [4.69, 9.17) is 4.74 Å². The number of aryl methyl sites for hydroxylation is 1. The summed E-state index contributed by atoms with van der Waals surface area (Å²) in [6.07, 6.45) is 9.20. The Morgan fingerprint density at radius 2 is 1.90 bits per heavy atom. The molecule has 3 aliphatic heterocycles. The monoisotopic (exact) mass is 287 g/mol. The van der Waals surface area contributed by atoms with Gasteiger partial charge in [0.15, 0.2) is 0 Å². The number of nitrogens with zero attached hydrogens (tertiary/aromatic N) is 1. The minimum absolute atomic E-state index is 0.842. The molecule has 1 atom stereocenters. The van der Waals surface area contributed by atoms with Gasteiger partial charge < -0.3 is 9.64 Å². The zero-order valence-electron chi connectivity index (χ0n) is 13.4. The van der Waals surface area contributed by atoms with Gasteiger partial charge in [0, 0.05) is 6.04 Å². The van der Waals surface area contributed by atoms with E-state index in [1.54, 1.807) is 0 Å². The molecule has 3 heterocycles. The quantitative estimate of drug-likeness (QED) is 0.694. The van der Waals surface area contributed by atoms with Gasteiger partial charge in [-0.25, -0.2) is 0 Å². The van der Waals surface area contributed by atoms with Gasteiger partial charge in [-0.05, 0) is 75.2 Å². The van der Waals surface area contributed by atoms with Crippen molar-refractivity contribution in [1.82, 2.24) is 4.90 Å². The molecule has 2 nitrogen and oxygen atoms in total. The van der Waals surface area contributed by atoms with E-state index in [0.717, 1.165) is 30.7 Å². The van der Waals surface area contributed by atoms with E-state index in [1.807, 2.05) is 0 Å². The summed E-state index contributed by atoms with van der Waals surface area (Å²) in [6.45, 7) is 5.73. The Kier molecular flexibility index (Phi) is 5.18. The van der Waals surface area contributed by atoms with Crippen LogP contribution in [0.4, 0.5) is 0 Å². The van der Waals surface area contributed by atoms with Crippen LogP contribution in [-0.2, 0) is 6.42 Å². The Morgan fingerprint density at radius 3 is 2.52 bits per heavy atom. The molecule has 2 bridgehead atoms. The number of unbranched alkanes of at least 4 members (excludes halogenated alkanes) is 1. The fourth-order valence-corrected chi connectivity index (χ4v) is 3.81. The molecule has 1 unspecified atom stereocenters. The molecule has 21 heavy (non-hydrogen) atoms. The number of hydrogen-bond acceptors (Lipinski definition) is 2. The fraction of sp³-hybridized carbons (Fsp3) is 0.684. The first-order chi connectivity index (χ1) is 10.3. The Morgan fingerprint density at radius 1 is 1.14 bits per heavy atom. The normalized spacial score (nSPS) is 27.8. The summed E-state index contributed by atoms with van der Waals surface area (Å²) in [4.78, 5) is 2.72. The molecule has 0 amide bonds. The molecule has 0 aliphatic carbocycles. The lowest BCUT2D eigenvalue weighted by molar-refractivity contribution is 0.0454. The maximum Gasteiger partial charge on any atom is 0.119 e. The van der Waals surface area contributed by atoms with Crippen LogP contribution in [0.1, 0.15) is 51.0 Å². The SMILES string of the molecule is CCCCOc1ccc(CCC2CC3CCN2CC3)cc1. The second kappa shape index (κ2) is 7.31. The van der Waals surface area contributed by atoms with Gasteiger partial charge in [0.05, 0.1) is 6.61 Å². The summed E-state index contributed by atoms with van der Waals surface area (Å²) < 4.78 is 5.73. The van der Waals surface area contributed by atoms with Crippen LogP contribution in [0.5, 0.6) is 5.75 Å². The Labute approximate surface area is 129 Å². The molecule has 4 rings (SSSR count). The van der Waals surface area contributed by atoms with Crippen LogP contribution < -0.4 is 4.74 Å². The predicted molar refractivity (Wildman–Crippen MR) is 87.9 cm³/mol. The van der Waals surface area contributed by atoms with E-state index in [-0.39, 0.29) is 0 Å². The first-order valence-corrected chi connectivity index (χ1v) is 8.81. The van der Waals surface area contributed by atoms with E-state index in [0.29, 0.717) is 0 Å². The molecule has 0 radical (unpaired) electrons.